The van der Waals surface area contributed by atoms with Crippen LogP contribution in [0.5, 0.6) is 0 Å². The minimum atomic E-state index is -0.705. The first-order valence-electron chi connectivity index (χ1n) is 4.61. The molecule has 0 fully saturated rings. The van der Waals surface area contributed by atoms with Crippen molar-refractivity contribution in [3.8, 4) is 11.8 Å². The minimum absolute atomic E-state index is 0.153. The maximum atomic E-state index is 13.1. The van der Waals surface area contributed by atoms with Gasteiger partial charge in [-0.05, 0) is 19.1 Å². The zero-order valence-corrected chi connectivity index (χ0v) is 8.62. The molecule has 0 amide bonds. The van der Waals surface area contributed by atoms with Gasteiger partial charge in [-0.15, -0.1) is 0 Å². The number of halogens is 1. The third-order valence-electron chi connectivity index (χ3n) is 1.75. The van der Waals surface area contributed by atoms with E-state index in [0.717, 1.165) is 6.07 Å². The van der Waals surface area contributed by atoms with E-state index in [1.54, 1.807) is 6.92 Å². The maximum Gasteiger partial charge on any atom is 0.384 e. The van der Waals surface area contributed by atoms with Gasteiger partial charge in [0.25, 0.3) is 0 Å². The molecule has 3 nitrogen and oxygen atoms in total. The Morgan fingerprint density at radius 3 is 2.94 bits per heavy atom. The number of esters is 1. The van der Waals surface area contributed by atoms with Crippen LogP contribution in [-0.4, -0.2) is 18.9 Å². The highest BCUT2D eigenvalue weighted by Crippen LogP contribution is 2.09. The van der Waals surface area contributed by atoms with Crippen LogP contribution in [0.4, 0.5) is 4.39 Å². The Morgan fingerprint density at radius 2 is 2.31 bits per heavy atom. The molecular formula is C12H9FO3. The summed E-state index contributed by atoms with van der Waals surface area (Å²) in [6.45, 7) is 1.87. The predicted molar refractivity (Wildman–Crippen MR) is 55.3 cm³/mol. The maximum absolute atomic E-state index is 13.1. The van der Waals surface area contributed by atoms with Gasteiger partial charge in [0, 0.05) is 11.5 Å². The first-order valence-corrected chi connectivity index (χ1v) is 4.61. The molecule has 4 heteroatoms. The standard InChI is InChI=1S/C12H9FO3/c1-2-16-12(15)7-6-9-4-3-5-11(13)10(9)8-14/h3-5,8H,2H2,1H3. The summed E-state index contributed by atoms with van der Waals surface area (Å²) in [6, 6.07) is 4.02. The first kappa shape index (κ1) is 11.9. The van der Waals surface area contributed by atoms with Crippen molar-refractivity contribution in [2.45, 2.75) is 6.92 Å². The van der Waals surface area contributed by atoms with Crippen LogP contribution >= 0.6 is 0 Å². The minimum Gasteiger partial charge on any atom is -0.456 e. The fraction of sp³-hybridized carbons (Fsp3) is 0.167. The first-order chi connectivity index (χ1) is 7.69. The molecule has 0 saturated heterocycles. The number of benzene rings is 1. The zero-order chi connectivity index (χ0) is 12.0. The van der Waals surface area contributed by atoms with Crippen LogP contribution in [0.1, 0.15) is 22.8 Å². The van der Waals surface area contributed by atoms with Gasteiger partial charge in [0.2, 0.25) is 0 Å². The number of ether oxygens (including phenoxy) is 1. The Bertz CT molecular complexity index is 469. The average molecular weight is 220 g/mol. The van der Waals surface area contributed by atoms with Crippen molar-refractivity contribution in [2.75, 3.05) is 6.61 Å². The number of carbonyl (C=O) groups excluding carboxylic acids is 2. The molecule has 0 bridgehead atoms. The highest BCUT2D eigenvalue weighted by Gasteiger charge is 2.05. The summed E-state index contributed by atoms with van der Waals surface area (Å²) in [5.41, 5.74) is 0.0161. The molecule has 1 aromatic rings. The smallest absolute Gasteiger partial charge is 0.384 e. The van der Waals surface area contributed by atoms with Crippen molar-refractivity contribution >= 4 is 12.3 Å². The van der Waals surface area contributed by atoms with Crippen molar-refractivity contribution in [3.63, 3.8) is 0 Å². The zero-order valence-electron chi connectivity index (χ0n) is 8.62. The molecule has 0 heterocycles. The molecular weight excluding hydrogens is 211 g/mol. The van der Waals surface area contributed by atoms with Crippen LogP contribution in [-0.2, 0) is 9.53 Å². The van der Waals surface area contributed by atoms with Gasteiger partial charge >= 0.3 is 5.97 Å². The van der Waals surface area contributed by atoms with E-state index in [2.05, 4.69) is 16.6 Å². The van der Waals surface area contributed by atoms with E-state index in [4.69, 9.17) is 0 Å². The average Bonchev–Trinajstić information content (AvgIpc) is 2.27. The molecule has 0 aliphatic heterocycles. The van der Waals surface area contributed by atoms with Gasteiger partial charge in [0.1, 0.15) is 5.82 Å². The van der Waals surface area contributed by atoms with Gasteiger partial charge in [-0.3, -0.25) is 4.79 Å². The summed E-state index contributed by atoms with van der Waals surface area (Å²) >= 11 is 0. The molecule has 1 aromatic carbocycles. The van der Waals surface area contributed by atoms with Crippen LogP contribution in [0.3, 0.4) is 0 Å². The molecule has 0 aliphatic carbocycles. The lowest BCUT2D eigenvalue weighted by atomic mass is 10.1. The van der Waals surface area contributed by atoms with Gasteiger partial charge < -0.3 is 4.74 Å². The van der Waals surface area contributed by atoms with Crippen molar-refractivity contribution in [1.82, 2.24) is 0 Å². The normalized spacial score (nSPS) is 8.88. The Morgan fingerprint density at radius 1 is 1.56 bits per heavy atom. The summed E-state index contributed by atoms with van der Waals surface area (Å²) in [5.74, 6) is 3.19. The number of aldehydes is 1. The molecule has 82 valence electrons. The Labute approximate surface area is 92.2 Å². The van der Waals surface area contributed by atoms with Gasteiger partial charge in [-0.25, -0.2) is 9.18 Å². The largest absolute Gasteiger partial charge is 0.456 e. The lowest BCUT2D eigenvalue weighted by Crippen LogP contribution is -2.00. The van der Waals surface area contributed by atoms with E-state index in [0.29, 0.717) is 6.29 Å². The summed E-state index contributed by atoms with van der Waals surface area (Å²) in [5, 5.41) is 0. The fourth-order valence-corrected chi connectivity index (χ4v) is 1.05. The molecule has 16 heavy (non-hydrogen) atoms. The Kier molecular flexibility index (Phi) is 4.22. The quantitative estimate of drug-likeness (QED) is 0.431. The van der Waals surface area contributed by atoms with E-state index in [1.807, 2.05) is 0 Å². The van der Waals surface area contributed by atoms with Crippen LogP contribution in [0, 0.1) is 17.7 Å². The second-order valence-corrected chi connectivity index (χ2v) is 2.79. The molecule has 0 unspecified atom stereocenters. The lowest BCUT2D eigenvalue weighted by Gasteiger charge is -1.97. The SMILES string of the molecule is CCOC(=O)C#Cc1cccc(F)c1C=O. The molecule has 1 rings (SSSR count). The second kappa shape index (κ2) is 5.66. The van der Waals surface area contributed by atoms with Crippen molar-refractivity contribution in [2.24, 2.45) is 0 Å². The van der Waals surface area contributed by atoms with Crippen LogP contribution in [0.15, 0.2) is 18.2 Å². The van der Waals surface area contributed by atoms with Crippen LogP contribution in [0.2, 0.25) is 0 Å². The highest BCUT2D eigenvalue weighted by atomic mass is 19.1. The lowest BCUT2D eigenvalue weighted by molar-refractivity contribution is -0.136. The number of hydrogen-bond acceptors (Lipinski definition) is 3. The number of carbonyl (C=O) groups is 2. The fourth-order valence-electron chi connectivity index (χ4n) is 1.05. The second-order valence-electron chi connectivity index (χ2n) is 2.79. The van der Waals surface area contributed by atoms with Crippen molar-refractivity contribution < 1.29 is 18.7 Å². The summed E-state index contributed by atoms with van der Waals surface area (Å²) in [6.07, 6.45) is 0.366. The van der Waals surface area contributed by atoms with E-state index in [-0.39, 0.29) is 17.7 Å². The van der Waals surface area contributed by atoms with E-state index in [1.165, 1.54) is 12.1 Å². The van der Waals surface area contributed by atoms with Gasteiger partial charge in [-0.2, -0.15) is 0 Å². The van der Waals surface area contributed by atoms with Gasteiger partial charge in [0.05, 0.1) is 12.2 Å². The van der Waals surface area contributed by atoms with Gasteiger partial charge in [0.15, 0.2) is 6.29 Å². The predicted octanol–water partition coefficient (Wildman–Crippen LogP) is 1.55. The Balaban J connectivity index is 3.01. The van der Waals surface area contributed by atoms with Crippen LogP contribution in [0.25, 0.3) is 0 Å². The highest BCUT2D eigenvalue weighted by molar-refractivity contribution is 5.90. The monoisotopic (exact) mass is 220 g/mol. The topological polar surface area (TPSA) is 43.4 Å². The van der Waals surface area contributed by atoms with E-state index >= 15 is 0 Å². The molecule has 0 spiro atoms. The third-order valence-corrected chi connectivity index (χ3v) is 1.75. The summed E-state index contributed by atoms with van der Waals surface area (Å²) < 4.78 is 17.7. The molecule has 0 radical (unpaired) electrons. The molecule has 0 saturated carbocycles. The van der Waals surface area contributed by atoms with Crippen LogP contribution < -0.4 is 0 Å². The van der Waals surface area contributed by atoms with E-state index in [9.17, 15) is 14.0 Å². The molecule has 0 atom stereocenters. The van der Waals surface area contributed by atoms with Gasteiger partial charge in [-0.1, -0.05) is 12.0 Å². The van der Waals surface area contributed by atoms with E-state index < -0.39 is 11.8 Å². The summed E-state index contributed by atoms with van der Waals surface area (Å²) in [4.78, 5) is 21.5. The van der Waals surface area contributed by atoms with Crippen molar-refractivity contribution in [1.29, 1.82) is 0 Å². The summed E-state index contributed by atoms with van der Waals surface area (Å²) in [7, 11) is 0. The molecule has 0 aliphatic rings. The molecule has 0 N–H and O–H groups in total. The Hall–Kier alpha value is -2.15. The number of rotatable bonds is 2. The molecule has 0 aromatic heterocycles. The van der Waals surface area contributed by atoms with Crippen molar-refractivity contribution in [3.05, 3.63) is 35.1 Å². The third kappa shape index (κ3) is 2.92. The number of hydrogen-bond donors (Lipinski definition) is 0.